The molecular weight excluding hydrogens is 338 g/mol. The molecule has 0 spiro atoms. The van der Waals surface area contributed by atoms with E-state index in [2.05, 4.69) is 22.1 Å². The molecule has 0 saturated carbocycles. The summed E-state index contributed by atoms with van der Waals surface area (Å²) < 4.78 is 5.54. The molecule has 2 unspecified atom stereocenters. The second-order valence-corrected chi connectivity index (χ2v) is 7.08. The van der Waals surface area contributed by atoms with Crippen LogP contribution in [0, 0.1) is 0 Å². The van der Waals surface area contributed by atoms with Gasteiger partial charge in [-0.15, -0.1) is 0 Å². The topological polar surface area (TPSA) is 70.7 Å². The van der Waals surface area contributed by atoms with E-state index in [1.54, 1.807) is 36.5 Å². The second-order valence-electron chi connectivity index (χ2n) is 6.30. The molecule has 130 valence electrons. The fourth-order valence-corrected chi connectivity index (χ4v) is 4.01. The summed E-state index contributed by atoms with van der Waals surface area (Å²) in [6, 6.07) is 7.37. The number of fused-ring (bicyclic) bond motifs is 1. The molecule has 1 aromatic carbocycles. The first kappa shape index (κ1) is 16.0. The number of rotatable bonds is 2. The van der Waals surface area contributed by atoms with E-state index in [0.29, 0.717) is 17.1 Å². The van der Waals surface area contributed by atoms with Crippen molar-refractivity contribution in [1.29, 1.82) is 0 Å². The molecule has 2 aliphatic rings. The Labute approximate surface area is 149 Å². The Bertz CT molecular complexity index is 806. The van der Waals surface area contributed by atoms with Crippen molar-refractivity contribution in [1.82, 2.24) is 4.90 Å². The molecule has 1 aromatic heterocycles. The number of carbonyl (C=O) groups is 2. The Morgan fingerprint density at radius 2 is 2.28 bits per heavy atom. The van der Waals surface area contributed by atoms with E-state index >= 15 is 0 Å². The predicted octanol–water partition coefficient (Wildman–Crippen LogP) is 3.84. The van der Waals surface area contributed by atoms with Crippen LogP contribution in [0.5, 0.6) is 5.75 Å². The molecule has 0 radical (unpaired) electrons. The number of benzene rings is 1. The molecule has 2 N–H and O–H groups in total. The van der Waals surface area contributed by atoms with Gasteiger partial charge in [-0.2, -0.15) is 11.3 Å². The number of likely N-dealkylation sites (tertiary alicyclic amines) is 1. The van der Waals surface area contributed by atoms with Gasteiger partial charge in [-0.1, -0.05) is 0 Å². The lowest BCUT2D eigenvalue weighted by Crippen LogP contribution is -2.35. The maximum atomic E-state index is 12.7. The number of amides is 3. The number of carbonyl (C=O) groups excluding carboxylic acids is 2. The summed E-state index contributed by atoms with van der Waals surface area (Å²) in [6.07, 6.45) is 1.47. The molecule has 7 heteroatoms. The molecule has 3 amide bonds. The lowest BCUT2D eigenvalue weighted by Gasteiger charge is -2.26. The third-order valence-corrected chi connectivity index (χ3v) is 5.30. The number of nitrogens with one attached hydrogen (secondary N) is 2. The zero-order chi connectivity index (χ0) is 17.4. The van der Waals surface area contributed by atoms with Crippen LogP contribution in [-0.2, 0) is 4.79 Å². The lowest BCUT2D eigenvalue weighted by molar-refractivity contribution is -0.122. The van der Waals surface area contributed by atoms with E-state index in [4.69, 9.17) is 4.74 Å². The third-order valence-electron chi connectivity index (χ3n) is 4.60. The van der Waals surface area contributed by atoms with Crippen molar-refractivity contribution in [2.75, 3.05) is 17.2 Å². The van der Waals surface area contributed by atoms with Crippen molar-refractivity contribution in [3.63, 3.8) is 0 Å². The Hall–Kier alpha value is -2.54. The van der Waals surface area contributed by atoms with Gasteiger partial charge < -0.3 is 20.3 Å². The van der Waals surface area contributed by atoms with E-state index in [1.165, 1.54) is 5.56 Å². The van der Waals surface area contributed by atoms with E-state index in [-0.39, 0.29) is 18.0 Å². The van der Waals surface area contributed by atoms with Gasteiger partial charge in [0.25, 0.3) is 5.91 Å². The fourth-order valence-electron chi connectivity index (χ4n) is 3.30. The number of ether oxygens (including phenoxy) is 1. The summed E-state index contributed by atoms with van der Waals surface area (Å²) in [5.74, 6) is 0.426. The SMILES string of the molecule is CC1Oc2ccc(NC(=O)N3CCCC3c3ccsc3)cc2NC1=O. The maximum absolute atomic E-state index is 12.7. The first-order valence-corrected chi connectivity index (χ1v) is 9.27. The zero-order valence-electron chi connectivity index (χ0n) is 13.8. The van der Waals surface area contributed by atoms with Crippen molar-refractivity contribution < 1.29 is 14.3 Å². The minimum absolute atomic E-state index is 0.120. The molecule has 0 aliphatic carbocycles. The van der Waals surface area contributed by atoms with Crippen LogP contribution in [0.4, 0.5) is 16.2 Å². The molecule has 3 heterocycles. The highest BCUT2D eigenvalue weighted by Gasteiger charge is 2.30. The minimum atomic E-state index is -0.510. The van der Waals surface area contributed by atoms with Crippen molar-refractivity contribution in [3.05, 3.63) is 40.6 Å². The molecule has 1 saturated heterocycles. The van der Waals surface area contributed by atoms with Crippen LogP contribution in [0.25, 0.3) is 0 Å². The number of hydrogen-bond donors (Lipinski definition) is 2. The summed E-state index contributed by atoms with van der Waals surface area (Å²) >= 11 is 1.65. The lowest BCUT2D eigenvalue weighted by atomic mass is 10.1. The summed E-state index contributed by atoms with van der Waals surface area (Å²) in [6.45, 7) is 2.45. The highest BCUT2D eigenvalue weighted by atomic mass is 32.1. The summed E-state index contributed by atoms with van der Waals surface area (Å²) in [5, 5.41) is 9.87. The van der Waals surface area contributed by atoms with E-state index in [0.717, 1.165) is 19.4 Å². The van der Waals surface area contributed by atoms with Gasteiger partial charge >= 0.3 is 6.03 Å². The first-order chi connectivity index (χ1) is 12.1. The first-order valence-electron chi connectivity index (χ1n) is 8.33. The van der Waals surface area contributed by atoms with Crippen molar-refractivity contribution in [3.8, 4) is 5.75 Å². The average molecular weight is 357 g/mol. The highest BCUT2D eigenvalue weighted by molar-refractivity contribution is 7.08. The fraction of sp³-hybridized carbons (Fsp3) is 0.333. The third kappa shape index (κ3) is 3.07. The average Bonchev–Trinajstić information content (AvgIpc) is 3.27. The van der Waals surface area contributed by atoms with Crippen molar-refractivity contribution >= 4 is 34.6 Å². The van der Waals surface area contributed by atoms with Crippen LogP contribution >= 0.6 is 11.3 Å². The monoisotopic (exact) mass is 357 g/mol. The van der Waals surface area contributed by atoms with Crippen LogP contribution in [-0.4, -0.2) is 29.5 Å². The van der Waals surface area contributed by atoms with Crippen molar-refractivity contribution in [2.45, 2.75) is 31.9 Å². The van der Waals surface area contributed by atoms with Gasteiger partial charge in [0.1, 0.15) is 5.75 Å². The quantitative estimate of drug-likeness (QED) is 0.858. The van der Waals surface area contributed by atoms with Crippen LogP contribution in [0.2, 0.25) is 0 Å². The number of nitrogens with zero attached hydrogens (tertiary/aromatic N) is 1. The molecule has 2 atom stereocenters. The Kier molecular flexibility index (Phi) is 4.09. The number of urea groups is 1. The summed E-state index contributed by atoms with van der Waals surface area (Å²) in [4.78, 5) is 26.3. The second kappa shape index (κ2) is 6.40. The molecule has 1 fully saturated rings. The number of anilines is 2. The van der Waals surface area contributed by atoms with Crippen molar-refractivity contribution in [2.24, 2.45) is 0 Å². The Balaban J connectivity index is 1.50. The van der Waals surface area contributed by atoms with Crippen LogP contribution < -0.4 is 15.4 Å². The van der Waals surface area contributed by atoms with Gasteiger partial charge in [0, 0.05) is 12.2 Å². The van der Waals surface area contributed by atoms with Gasteiger partial charge in [-0.25, -0.2) is 4.79 Å². The molecule has 4 rings (SSSR count). The van der Waals surface area contributed by atoms with E-state index in [1.807, 2.05) is 10.3 Å². The smallest absolute Gasteiger partial charge is 0.322 e. The molecule has 6 nitrogen and oxygen atoms in total. The Morgan fingerprint density at radius 3 is 3.08 bits per heavy atom. The molecular formula is C18H19N3O3S. The van der Waals surface area contributed by atoms with Gasteiger partial charge in [0.15, 0.2) is 6.10 Å². The Morgan fingerprint density at radius 1 is 1.40 bits per heavy atom. The minimum Gasteiger partial charge on any atom is -0.479 e. The van der Waals surface area contributed by atoms with Gasteiger partial charge in [0.05, 0.1) is 11.7 Å². The molecule has 2 aromatic rings. The summed E-state index contributed by atoms with van der Waals surface area (Å²) in [7, 11) is 0. The number of thiophene rings is 1. The van der Waals surface area contributed by atoms with Gasteiger partial charge in [-0.05, 0) is 60.4 Å². The van der Waals surface area contributed by atoms with Crippen LogP contribution in [0.1, 0.15) is 31.4 Å². The highest BCUT2D eigenvalue weighted by Crippen LogP contribution is 2.35. The normalized spacial score (nSPS) is 22.1. The van der Waals surface area contributed by atoms with E-state index < -0.39 is 6.10 Å². The van der Waals surface area contributed by atoms with Crippen LogP contribution in [0.15, 0.2) is 35.0 Å². The predicted molar refractivity (Wildman–Crippen MR) is 97.2 cm³/mol. The van der Waals surface area contributed by atoms with Gasteiger partial charge in [-0.3, -0.25) is 4.79 Å². The standard InChI is InChI=1S/C18H19N3O3S/c1-11-17(22)20-14-9-13(4-5-16(14)24-11)19-18(23)21-7-2-3-15(21)12-6-8-25-10-12/h4-6,8-11,15H,2-3,7H2,1H3,(H,19,23)(H,20,22). The largest absolute Gasteiger partial charge is 0.479 e. The zero-order valence-corrected chi connectivity index (χ0v) is 14.6. The van der Waals surface area contributed by atoms with E-state index in [9.17, 15) is 9.59 Å². The molecule has 2 aliphatic heterocycles. The summed E-state index contributed by atoms with van der Waals surface area (Å²) in [5.41, 5.74) is 2.41. The number of hydrogen-bond acceptors (Lipinski definition) is 4. The molecule has 0 bridgehead atoms. The van der Waals surface area contributed by atoms with Crippen LogP contribution in [0.3, 0.4) is 0 Å². The van der Waals surface area contributed by atoms with Gasteiger partial charge in [0.2, 0.25) is 0 Å². The molecule has 25 heavy (non-hydrogen) atoms. The maximum Gasteiger partial charge on any atom is 0.322 e.